The fourth-order valence-electron chi connectivity index (χ4n) is 1.55. The Labute approximate surface area is 129 Å². The summed E-state index contributed by atoms with van der Waals surface area (Å²) in [5, 5.41) is 8.97. The van der Waals surface area contributed by atoms with Crippen LogP contribution in [-0.4, -0.2) is 30.7 Å². The summed E-state index contributed by atoms with van der Waals surface area (Å²) in [6.45, 7) is 0. The van der Waals surface area contributed by atoms with Gasteiger partial charge in [0, 0.05) is 12.5 Å². The monoisotopic (exact) mass is 371 g/mol. The van der Waals surface area contributed by atoms with Crippen molar-refractivity contribution in [2.75, 3.05) is 6.26 Å². The zero-order valence-corrected chi connectivity index (χ0v) is 13.2. The standard InChI is InChI=1S/C13H10BrNO5S/c1-21(18,19)11-3-2-6-15-12(11)20-10-7-8(13(16)17)4-5-9(10)14/h2-7H,1H3,(H,16,17). The van der Waals surface area contributed by atoms with Crippen LogP contribution in [0.2, 0.25) is 0 Å². The maximum Gasteiger partial charge on any atom is 0.335 e. The molecule has 0 unspecified atom stereocenters. The minimum Gasteiger partial charge on any atom is -0.478 e. The van der Waals surface area contributed by atoms with Gasteiger partial charge in [-0.05, 0) is 46.3 Å². The van der Waals surface area contributed by atoms with Crippen LogP contribution in [0.1, 0.15) is 10.4 Å². The van der Waals surface area contributed by atoms with E-state index in [2.05, 4.69) is 20.9 Å². The fraction of sp³-hybridized carbons (Fsp3) is 0.0769. The van der Waals surface area contributed by atoms with Gasteiger partial charge in [0.25, 0.3) is 0 Å². The number of carbonyl (C=O) groups is 1. The molecule has 0 aliphatic heterocycles. The molecule has 1 heterocycles. The van der Waals surface area contributed by atoms with Crippen LogP contribution >= 0.6 is 15.9 Å². The van der Waals surface area contributed by atoms with Crippen molar-refractivity contribution in [1.29, 1.82) is 0 Å². The SMILES string of the molecule is CS(=O)(=O)c1cccnc1Oc1cc(C(=O)O)ccc1Br. The average Bonchev–Trinajstić information content (AvgIpc) is 2.40. The molecular formula is C13H10BrNO5S. The molecule has 8 heteroatoms. The van der Waals surface area contributed by atoms with E-state index in [1.165, 1.54) is 36.5 Å². The first-order chi connectivity index (χ1) is 9.79. The van der Waals surface area contributed by atoms with Crippen molar-refractivity contribution in [1.82, 2.24) is 4.98 Å². The maximum atomic E-state index is 11.7. The number of rotatable bonds is 4. The van der Waals surface area contributed by atoms with Gasteiger partial charge in [-0.3, -0.25) is 0 Å². The summed E-state index contributed by atoms with van der Waals surface area (Å²) in [6.07, 6.45) is 2.43. The Hall–Kier alpha value is -1.93. The van der Waals surface area contributed by atoms with Crippen LogP contribution in [0.5, 0.6) is 11.6 Å². The smallest absolute Gasteiger partial charge is 0.335 e. The highest BCUT2D eigenvalue weighted by Gasteiger charge is 2.17. The van der Waals surface area contributed by atoms with E-state index < -0.39 is 15.8 Å². The van der Waals surface area contributed by atoms with Crippen LogP contribution in [0.3, 0.4) is 0 Å². The summed E-state index contributed by atoms with van der Waals surface area (Å²) in [4.78, 5) is 14.8. The molecule has 0 bridgehead atoms. The maximum absolute atomic E-state index is 11.7. The number of carboxylic acids is 1. The molecule has 6 nitrogen and oxygen atoms in total. The predicted octanol–water partition coefficient (Wildman–Crippen LogP) is 2.74. The first-order valence-electron chi connectivity index (χ1n) is 5.65. The Morgan fingerprint density at radius 3 is 2.67 bits per heavy atom. The molecule has 1 aromatic carbocycles. The number of halogens is 1. The molecule has 2 aromatic rings. The molecule has 0 fully saturated rings. The molecule has 1 aromatic heterocycles. The number of sulfone groups is 1. The van der Waals surface area contributed by atoms with Crippen LogP contribution < -0.4 is 4.74 Å². The minimum absolute atomic E-state index is 0.0186. The second kappa shape index (κ2) is 5.82. The topological polar surface area (TPSA) is 93.6 Å². The van der Waals surface area contributed by atoms with Gasteiger partial charge in [0.15, 0.2) is 9.84 Å². The number of pyridine rings is 1. The van der Waals surface area contributed by atoms with Crippen LogP contribution in [-0.2, 0) is 9.84 Å². The summed E-state index contributed by atoms with van der Waals surface area (Å²) >= 11 is 3.22. The van der Waals surface area contributed by atoms with Gasteiger partial charge in [-0.1, -0.05) is 0 Å². The summed E-state index contributed by atoms with van der Waals surface area (Å²) in [6, 6.07) is 7.03. The molecule has 0 saturated carbocycles. The summed E-state index contributed by atoms with van der Waals surface area (Å²) < 4.78 is 29.3. The number of hydrogen-bond acceptors (Lipinski definition) is 5. The van der Waals surface area contributed by atoms with E-state index in [0.29, 0.717) is 4.47 Å². The van der Waals surface area contributed by atoms with Crippen molar-refractivity contribution in [3.63, 3.8) is 0 Å². The van der Waals surface area contributed by atoms with Crippen molar-refractivity contribution in [3.8, 4) is 11.6 Å². The molecule has 0 radical (unpaired) electrons. The highest BCUT2D eigenvalue weighted by atomic mass is 79.9. The van der Waals surface area contributed by atoms with Gasteiger partial charge in [-0.2, -0.15) is 0 Å². The molecule has 0 saturated heterocycles. The zero-order chi connectivity index (χ0) is 15.6. The van der Waals surface area contributed by atoms with E-state index in [1.807, 2.05) is 0 Å². The van der Waals surface area contributed by atoms with Gasteiger partial charge in [0.05, 0.1) is 10.0 Å². The van der Waals surface area contributed by atoms with Crippen LogP contribution in [0.4, 0.5) is 0 Å². The first-order valence-corrected chi connectivity index (χ1v) is 8.33. The second-order valence-corrected chi connectivity index (χ2v) is 6.97. The number of aromatic carboxylic acids is 1. The summed E-state index contributed by atoms with van der Waals surface area (Å²) in [7, 11) is -3.51. The van der Waals surface area contributed by atoms with Gasteiger partial charge >= 0.3 is 5.97 Å². The van der Waals surface area contributed by atoms with Gasteiger partial charge in [0.2, 0.25) is 5.88 Å². The number of hydrogen-bond donors (Lipinski definition) is 1. The fourth-order valence-corrected chi connectivity index (χ4v) is 2.62. The second-order valence-electron chi connectivity index (χ2n) is 4.13. The molecule has 0 atom stereocenters. The molecular weight excluding hydrogens is 362 g/mol. The lowest BCUT2D eigenvalue weighted by Gasteiger charge is -2.10. The van der Waals surface area contributed by atoms with Gasteiger partial charge in [-0.15, -0.1) is 0 Å². The number of ether oxygens (including phenoxy) is 1. The van der Waals surface area contributed by atoms with Crippen LogP contribution in [0.15, 0.2) is 45.9 Å². The zero-order valence-electron chi connectivity index (χ0n) is 10.8. The molecule has 0 aliphatic carbocycles. The van der Waals surface area contributed by atoms with E-state index in [4.69, 9.17) is 9.84 Å². The highest BCUT2D eigenvalue weighted by molar-refractivity contribution is 9.10. The summed E-state index contributed by atoms with van der Waals surface area (Å²) in [5.41, 5.74) is 0.0186. The van der Waals surface area contributed by atoms with Crippen molar-refractivity contribution < 1.29 is 23.1 Å². The Bertz CT molecular complexity index is 804. The Morgan fingerprint density at radius 2 is 2.05 bits per heavy atom. The lowest BCUT2D eigenvalue weighted by Crippen LogP contribution is -2.03. The van der Waals surface area contributed by atoms with Crippen molar-refractivity contribution >= 4 is 31.7 Å². The molecule has 21 heavy (non-hydrogen) atoms. The van der Waals surface area contributed by atoms with E-state index in [1.54, 1.807) is 0 Å². The molecule has 0 aliphatic rings. The number of benzene rings is 1. The van der Waals surface area contributed by atoms with Gasteiger partial charge in [-0.25, -0.2) is 18.2 Å². The third-order valence-corrected chi connectivity index (χ3v) is 4.29. The Kier molecular flexibility index (Phi) is 4.29. The highest BCUT2D eigenvalue weighted by Crippen LogP contribution is 2.32. The third kappa shape index (κ3) is 3.59. The normalized spacial score (nSPS) is 11.1. The Morgan fingerprint density at radius 1 is 1.33 bits per heavy atom. The molecule has 0 spiro atoms. The first kappa shape index (κ1) is 15.5. The number of carboxylic acid groups (broad SMARTS) is 1. The lowest BCUT2D eigenvalue weighted by molar-refractivity contribution is 0.0696. The average molecular weight is 372 g/mol. The van der Waals surface area contributed by atoms with Crippen LogP contribution in [0, 0.1) is 0 Å². The molecule has 0 amide bonds. The Balaban J connectivity index is 2.49. The van der Waals surface area contributed by atoms with E-state index in [9.17, 15) is 13.2 Å². The largest absolute Gasteiger partial charge is 0.478 e. The molecule has 2 rings (SSSR count). The van der Waals surface area contributed by atoms with E-state index in [-0.39, 0.29) is 22.1 Å². The minimum atomic E-state index is -3.51. The quantitative estimate of drug-likeness (QED) is 0.887. The molecule has 110 valence electrons. The third-order valence-electron chi connectivity index (χ3n) is 2.52. The predicted molar refractivity (Wildman–Crippen MR) is 78.5 cm³/mol. The van der Waals surface area contributed by atoms with Crippen molar-refractivity contribution in [3.05, 3.63) is 46.6 Å². The summed E-state index contributed by atoms with van der Waals surface area (Å²) in [5.74, 6) is -1.06. The van der Waals surface area contributed by atoms with Gasteiger partial charge in [0.1, 0.15) is 10.6 Å². The molecule has 1 N–H and O–H groups in total. The number of nitrogens with zero attached hydrogens (tertiary/aromatic N) is 1. The van der Waals surface area contributed by atoms with Crippen LogP contribution in [0.25, 0.3) is 0 Å². The van der Waals surface area contributed by atoms with Crippen molar-refractivity contribution in [2.45, 2.75) is 4.90 Å². The lowest BCUT2D eigenvalue weighted by atomic mass is 10.2. The van der Waals surface area contributed by atoms with E-state index in [0.717, 1.165) is 6.26 Å². The van der Waals surface area contributed by atoms with Crippen molar-refractivity contribution in [2.24, 2.45) is 0 Å². The van der Waals surface area contributed by atoms with Gasteiger partial charge < -0.3 is 9.84 Å². The number of aromatic nitrogens is 1. The van der Waals surface area contributed by atoms with E-state index >= 15 is 0 Å².